The lowest BCUT2D eigenvalue weighted by atomic mass is 9.79. The van der Waals surface area contributed by atoms with Gasteiger partial charge in [0.25, 0.3) is 11.8 Å². The van der Waals surface area contributed by atoms with Crippen LogP contribution in [-0.4, -0.2) is 147 Å². The van der Waals surface area contributed by atoms with E-state index >= 15 is 0 Å². The molecule has 4 aliphatic carbocycles. The van der Waals surface area contributed by atoms with Gasteiger partial charge in [-0.2, -0.15) is 0 Å². The Hall–Kier alpha value is -6.86. The molecule has 7 aliphatic rings. The van der Waals surface area contributed by atoms with Crippen LogP contribution in [0.4, 0.5) is 32.9 Å². The maximum atomic E-state index is 13.7. The lowest BCUT2D eigenvalue weighted by Crippen LogP contribution is -2.41. The van der Waals surface area contributed by atoms with Crippen molar-refractivity contribution in [3.8, 4) is 11.3 Å². The van der Waals surface area contributed by atoms with Gasteiger partial charge in [-0.15, -0.1) is 0 Å². The Morgan fingerprint density at radius 3 is 1.39 bits per heavy atom. The molecule has 13 rings (SSSR count). The van der Waals surface area contributed by atoms with Gasteiger partial charge in [0.1, 0.15) is 15.8 Å². The van der Waals surface area contributed by atoms with Gasteiger partial charge < -0.3 is 49.5 Å². The van der Waals surface area contributed by atoms with Crippen LogP contribution in [0.5, 0.6) is 0 Å². The predicted molar refractivity (Wildman–Crippen MR) is 387 cm³/mol. The maximum Gasteiger partial charge on any atom is 0.494 e. The number of nitrogens with zero attached hydrogens (tertiary/aromatic N) is 8. The number of aromatic nitrogens is 6. The van der Waals surface area contributed by atoms with Crippen molar-refractivity contribution in [2.45, 2.75) is 219 Å². The van der Waals surface area contributed by atoms with Gasteiger partial charge in [0.15, 0.2) is 34.6 Å². The van der Waals surface area contributed by atoms with E-state index in [-0.39, 0.29) is 36.2 Å². The fraction of sp³-hybridized carbons (Fsp3) is 0.622. The average Bonchev–Trinajstić information content (AvgIpc) is 1.60. The van der Waals surface area contributed by atoms with Gasteiger partial charge in [-0.05, 0) is 216 Å². The first-order chi connectivity index (χ1) is 46.8. The van der Waals surface area contributed by atoms with Crippen molar-refractivity contribution >= 4 is 87.1 Å². The van der Waals surface area contributed by atoms with Crippen molar-refractivity contribution < 1.29 is 47.4 Å². The molecule has 0 unspecified atom stereocenters. The number of amides is 4. The summed E-state index contributed by atoms with van der Waals surface area (Å²) in [4.78, 5) is 74.3. The minimum absolute atomic E-state index is 0.00188. The third kappa shape index (κ3) is 19.6. The molecule has 24 heteroatoms. The molecule has 0 atom stereocenters. The van der Waals surface area contributed by atoms with Gasteiger partial charge in [-0.1, -0.05) is 62.8 Å². The highest BCUT2D eigenvalue weighted by molar-refractivity contribution is 9.10. The van der Waals surface area contributed by atoms with Crippen LogP contribution in [0.2, 0.25) is 0 Å². The van der Waals surface area contributed by atoms with Crippen molar-refractivity contribution in [1.29, 1.82) is 0 Å². The van der Waals surface area contributed by atoms with Crippen LogP contribution in [0.3, 0.4) is 0 Å². The van der Waals surface area contributed by atoms with Crippen molar-refractivity contribution in [2.75, 3.05) is 73.0 Å². The molecular weight excluding hydrogens is 1310 g/mol. The summed E-state index contributed by atoms with van der Waals surface area (Å²) in [5, 5.41) is 13.1. The Kier molecular flexibility index (Phi) is 23.5. The molecule has 4 N–H and O–H groups in total. The number of nitrogens with one attached hydrogen (secondary N) is 4. The number of rotatable bonds is 18. The van der Waals surface area contributed by atoms with Crippen LogP contribution in [0.15, 0.2) is 77.9 Å². The molecule has 4 saturated carbocycles. The number of carbonyl (C=O) groups is 4. The van der Waals surface area contributed by atoms with Gasteiger partial charge >= 0.3 is 19.3 Å². The summed E-state index contributed by atoms with van der Waals surface area (Å²) in [5.41, 5.74) is 3.55. The van der Waals surface area contributed by atoms with E-state index in [9.17, 15) is 19.2 Å². The third-order valence-corrected chi connectivity index (χ3v) is 20.4. The molecular formula is C74H104BBrN12O10. The highest BCUT2D eigenvalue weighted by Crippen LogP contribution is 2.38. The SMILES string of the molecule is CC(C)(C)OC(=O)N(CC1CCCCC1)c1cn2c(-c3ccc(C(=O)NC4CC4)cc3)cnc2c(NCC2CCOCC2)n1.CC(C)(C)OC(=O)N(CC1CCCCC1)c1cn2c(Br)cnc2c(NCC2CCOCC2)n1.CC1(C)OB(c2ccc(C(=O)NC3CC3)cc2)OC1(C)C. The number of halogens is 1. The van der Waals surface area contributed by atoms with Crippen LogP contribution in [0.25, 0.3) is 22.6 Å². The van der Waals surface area contributed by atoms with Crippen LogP contribution in [-0.2, 0) is 28.3 Å². The van der Waals surface area contributed by atoms with Crippen LogP contribution < -0.4 is 36.5 Å². The van der Waals surface area contributed by atoms with E-state index in [4.69, 9.17) is 43.2 Å². The minimum Gasteiger partial charge on any atom is -0.443 e. The van der Waals surface area contributed by atoms with Crippen LogP contribution in [0.1, 0.15) is 206 Å². The molecule has 22 nitrogen and oxygen atoms in total. The Bertz CT molecular complexity index is 3650. The van der Waals surface area contributed by atoms with E-state index in [0.717, 1.165) is 144 Å². The van der Waals surface area contributed by atoms with Gasteiger partial charge in [-0.25, -0.2) is 29.5 Å². The van der Waals surface area contributed by atoms with E-state index in [0.29, 0.717) is 88.9 Å². The first-order valence-electron chi connectivity index (χ1n) is 36.1. The van der Waals surface area contributed by atoms with E-state index < -0.39 is 17.3 Å². The Morgan fingerprint density at radius 1 is 0.551 bits per heavy atom. The maximum absolute atomic E-state index is 13.7. The topological polar surface area (TPSA) is 239 Å². The summed E-state index contributed by atoms with van der Waals surface area (Å²) in [5.74, 6) is 4.24. The smallest absolute Gasteiger partial charge is 0.443 e. The molecule has 2 aromatic carbocycles. The number of anilines is 4. The number of hydrogen-bond donors (Lipinski definition) is 4. The molecule has 7 heterocycles. The number of carbonyl (C=O) groups excluding carboxylic acids is 4. The van der Waals surface area contributed by atoms with Crippen molar-refractivity contribution in [1.82, 2.24) is 39.4 Å². The van der Waals surface area contributed by atoms with E-state index in [2.05, 4.69) is 42.2 Å². The summed E-state index contributed by atoms with van der Waals surface area (Å²) in [6.45, 7) is 25.4. The van der Waals surface area contributed by atoms with Gasteiger partial charge in [0.05, 0.1) is 41.7 Å². The Morgan fingerprint density at radius 2 is 0.959 bits per heavy atom. The molecule has 3 aliphatic heterocycles. The average molecular weight is 1410 g/mol. The molecule has 0 spiro atoms. The fourth-order valence-electron chi connectivity index (χ4n) is 13.0. The standard InChI is InChI=1S/C34H46N6O4.C24H36BrN5O3.C16H22BNO3/c1-34(2,3)44-33(42)40(21-24-7-5-4-6-8-24)29-22-39-28(25-9-11-26(12-10-25)32(41)37-27-13-14-27)20-36-31(39)30(38-29)35-19-23-15-17-43-18-16-23;1-24(2,3)33-23(31)30(15-18-7-5-4-6-8-18)20-16-29-19(25)14-27-22(29)21(28-20)26-13-17-9-11-32-12-10-17;1-15(2)16(3,4)21-17(20-15)12-7-5-11(6-8-12)14(19)18-13-9-10-13/h9-12,20,22-24,27H,4-8,13-19,21H2,1-3H3,(H,35,38)(H,37,41);14,16-18H,4-13,15H2,1-3H3,(H,26,28);5-8,13H,9-10H2,1-4H3,(H,18,19). The van der Waals surface area contributed by atoms with E-state index in [1.54, 1.807) is 16.0 Å². The molecule has 530 valence electrons. The summed E-state index contributed by atoms with van der Waals surface area (Å²) >= 11 is 3.59. The summed E-state index contributed by atoms with van der Waals surface area (Å²) in [6, 6.07) is 15.8. The number of benzene rings is 2. The summed E-state index contributed by atoms with van der Waals surface area (Å²) in [6.07, 6.45) is 26.7. The second kappa shape index (κ2) is 31.8. The zero-order valence-electron chi connectivity index (χ0n) is 59.4. The first kappa shape index (κ1) is 72.4. The molecule has 4 aromatic heterocycles. The first-order valence-corrected chi connectivity index (χ1v) is 36.8. The Labute approximate surface area is 587 Å². The third-order valence-electron chi connectivity index (χ3n) is 19.8. The summed E-state index contributed by atoms with van der Waals surface area (Å²) in [7, 11) is -0.379. The van der Waals surface area contributed by atoms with Crippen LogP contribution >= 0.6 is 15.9 Å². The molecule has 7 fully saturated rings. The van der Waals surface area contributed by atoms with Crippen molar-refractivity contribution in [2.24, 2.45) is 23.7 Å². The quantitative estimate of drug-likeness (QED) is 0.0585. The summed E-state index contributed by atoms with van der Waals surface area (Å²) < 4.78 is 39.5. The lowest BCUT2D eigenvalue weighted by Gasteiger charge is -2.32. The zero-order valence-corrected chi connectivity index (χ0v) is 61.0. The normalized spacial score (nSPS) is 19.4. The van der Waals surface area contributed by atoms with Gasteiger partial charge in [-0.3, -0.25) is 28.2 Å². The van der Waals surface area contributed by atoms with Gasteiger partial charge in [0, 0.05) is 81.4 Å². The molecule has 3 saturated heterocycles. The molecule has 0 radical (unpaired) electrons. The second-order valence-corrected chi connectivity index (χ2v) is 31.7. The number of fused-ring (bicyclic) bond motifs is 2. The number of imidazole rings is 2. The Balaban J connectivity index is 0.000000158. The minimum atomic E-state index is -0.635. The number of ether oxygens (including phenoxy) is 4. The van der Waals surface area contributed by atoms with Crippen LogP contribution in [0, 0.1) is 23.7 Å². The monoisotopic (exact) mass is 1410 g/mol. The second-order valence-electron chi connectivity index (χ2n) is 30.9. The van der Waals surface area contributed by atoms with Crippen molar-refractivity contribution in [3.05, 3.63) is 89.0 Å². The highest BCUT2D eigenvalue weighted by atomic mass is 79.9. The molecule has 6 aromatic rings. The predicted octanol–water partition coefficient (Wildman–Crippen LogP) is 14.0. The van der Waals surface area contributed by atoms with E-state index in [1.165, 1.54) is 38.5 Å². The lowest BCUT2D eigenvalue weighted by molar-refractivity contribution is 0.00578. The highest BCUT2D eigenvalue weighted by Gasteiger charge is 2.52. The largest absolute Gasteiger partial charge is 0.494 e. The molecule has 0 bridgehead atoms. The van der Waals surface area contributed by atoms with E-state index in [1.807, 2.05) is 145 Å². The zero-order chi connectivity index (χ0) is 69.4. The fourth-order valence-corrected chi connectivity index (χ4v) is 13.4. The van der Waals surface area contributed by atoms with Gasteiger partial charge in [0.2, 0.25) is 0 Å². The molecule has 4 amide bonds. The van der Waals surface area contributed by atoms with Crippen molar-refractivity contribution in [3.63, 3.8) is 0 Å². The molecule has 98 heavy (non-hydrogen) atoms. The number of hydrogen-bond acceptors (Lipinski definition) is 16.